The first-order chi connectivity index (χ1) is 10.4. The van der Waals surface area contributed by atoms with Crippen LogP contribution in [0, 0.1) is 0 Å². The molecule has 0 aliphatic heterocycles. The van der Waals surface area contributed by atoms with Gasteiger partial charge in [0.25, 0.3) is 0 Å². The molecule has 2 amide bonds. The Bertz CT molecular complexity index is 494. The zero-order chi connectivity index (χ0) is 16.5. The summed E-state index contributed by atoms with van der Waals surface area (Å²) in [4.78, 5) is 19.4. The fourth-order valence-corrected chi connectivity index (χ4v) is 2.64. The smallest absolute Gasteiger partial charge is 0.404 e. The molecule has 0 saturated heterocycles. The van der Waals surface area contributed by atoms with Crippen LogP contribution in [-0.4, -0.2) is 35.6 Å². The van der Waals surface area contributed by atoms with Crippen molar-refractivity contribution in [2.75, 3.05) is 7.11 Å². The van der Waals surface area contributed by atoms with E-state index in [1.165, 1.54) is 5.56 Å². The van der Waals surface area contributed by atoms with Crippen LogP contribution in [-0.2, 0) is 0 Å². The molecule has 1 fully saturated rings. The van der Waals surface area contributed by atoms with E-state index >= 15 is 0 Å². The Balaban J connectivity index is 0.000000541. The molecule has 1 aliphatic rings. The number of ether oxygens (including phenoxy) is 1. The minimum atomic E-state index is -1.33. The minimum Gasteiger partial charge on any atom is -0.497 e. The lowest BCUT2D eigenvalue weighted by atomic mass is 9.82. The molecule has 2 rings (SSSR count). The zero-order valence-electron chi connectivity index (χ0n) is 12.5. The number of carbonyl (C=O) groups is 2. The largest absolute Gasteiger partial charge is 0.497 e. The van der Waals surface area contributed by atoms with Crippen molar-refractivity contribution in [3.8, 4) is 5.75 Å². The van der Waals surface area contributed by atoms with Gasteiger partial charge in [-0.25, -0.2) is 9.59 Å². The average molecular weight is 310 g/mol. The van der Waals surface area contributed by atoms with Gasteiger partial charge in [0.05, 0.1) is 7.11 Å². The molecular formula is C15H22N2O5. The van der Waals surface area contributed by atoms with Crippen molar-refractivity contribution < 1.29 is 24.5 Å². The molecule has 1 aromatic carbocycles. The van der Waals surface area contributed by atoms with Gasteiger partial charge in [0.15, 0.2) is 0 Å². The van der Waals surface area contributed by atoms with Gasteiger partial charge >= 0.3 is 12.2 Å². The molecule has 0 spiro atoms. The third kappa shape index (κ3) is 6.34. The molecule has 1 saturated carbocycles. The molecule has 0 radical (unpaired) electrons. The van der Waals surface area contributed by atoms with Crippen molar-refractivity contribution in [3.63, 3.8) is 0 Å². The molecule has 0 aromatic heterocycles. The fourth-order valence-electron chi connectivity index (χ4n) is 2.64. The number of nitrogens with two attached hydrogens (primary N) is 1. The maximum Gasteiger partial charge on any atom is 0.404 e. The topological polar surface area (TPSA) is 122 Å². The summed E-state index contributed by atoms with van der Waals surface area (Å²) in [5.41, 5.74) is 5.32. The molecule has 7 heteroatoms. The molecule has 122 valence electrons. The lowest BCUT2D eigenvalue weighted by molar-refractivity contribution is 0.185. The Morgan fingerprint density at radius 3 is 2.32 bits per heavy atom. The summed E-state index contributed by atoms with van der Waals surface area (Å²) in [5, 5.41) is 18.5. The van der Waals surface area contributed by atoms with E-state index in [0.29, 0.717) is 5.92 Å². The van der Waals surface area contributed by atoms with Gasteiger partial charge in [0.2, 0.25) is 0 Å². The number of primary amides is 1. The highest BCUT2D eigenvalue weighted by molar-refractivity contribution is 5.64. The van der Waals surface area contributed by atoms with Crippen LogP contribution < -0.4 is 15.8 Å². The normalized spacial score (nSPS) is 20.2. The van der Waals surface area contributed by atoms with E-state index in [9.17, 15) is 4.79 Å². The Hall–Kier alpha value is -2.44. The van der Waals surface area contributed by atoms with Gasteiger partial charge in [-0.15, -0.1) is 0 Å². The standard InChI is InChI=1S/C14H19NO3.CH3NO2/c1-18-13-4-2-3-11(9-13)10-5-7-12(8-6-10)15-14(16)17;2-1(3)4/h2-4,9-10,12,15H,5-8H2,1H3,(H,16,17);2H2,(H,3,4). The van der Waals surface area contributed by atoms with Gasteiger partial charge in [0.1, 0.15) is 5.75 Å². The van der Waals surface area contributed by atoms with Gasteiger partial charge in [-0.2, -0.15) is 0 Å². The average Bonchev–Trinajstić information content (AvgIpc) is 2.47. The van der Waals surface area contributed by atoms with Crippen LogP contribution in [0.4, 0.5) is 9.59 Å². The minimum absolute atomic E-state index is 0.115. The van der Waals surface area contributed by atoms with Crippen molar-refractivity contribution in [2.24, 2.45) is 5.73 Å². The van der Waals surface area contributed by atoms with Crippen molar-refractivity contribution in [1.82, 2.24) is 5.32 Å². The summed E-state index contributed by atoms with van der Waals surface area (Å²) in [7, 11) is 1.67. The van der Waals surface area contributed by atoms with Gasteiger partial charge < -0.3 is 26.0 Å². The van der Waals surface area contributed by atoms with Crippen molar-refractivity contribution in [3.05, 3.63) is 29.8 Å². The van der Waals surface area contributed by atoms with Crippen LogP contribution in [0.5, 0.6) is 5.75 Å². The summed E-state index contributed by atoms with van der Waals surface area (Å²) in [5.74, 6) is 1.41. The second-order valence-electron chi connectivity index (χ2n) is 5.11. The highest BCUT2D eigenvalue weighted by Gasteiger charge is 2.23. The van der Waals surface area contributed by atoms with Gasteiger partial charge in [-0.3, -0.25) is 0 Å². The van der Waals surface area contributed by atoms with E-state index in [1.54, 1.807) is 7.11 Å². The van der Waals surface area contributed by atoms with Crippen LogP contribution in [0.1, 0.15) is 37.2 Å². The number of hydrogen-bond donors (Lipinski definition) is 4. The Morgan fingerprint density at radius 2 is 1.82 bits per heavy atom. The van der Waals surface area contributed by atoms with Crippen LogP contribution in [0.2, 0.25) is 0 Å². The van der Waals surface area contributed by atoms with Crippen molar-refractivity contribution >= 4 is 12.2 Å². The third-order valence-corrected chi connectivity index (χ3v) is 3.62. The number of carboxylic acid groups (broad SMARTS) is 2. The molecular weight excluding hydrogens is 288 g/mol. The Morgan fingerprint density at radius 1 is 1.23 bits per heavy atom. The molecule has 1 aliphatic carbocycles. The second kappa shape index (κ2) is 8.76. The summed E-state index contributed by atoms with van der Waals surface area (Å²) in [6, 6.07) is 8.27. The molecule has 1 aromatic rings. The van der Waals surface area contributed by atoms with E-state index in [-0.39, 0.29) is 6.04 Å². The first-order valence-corrected chi connectivity index (χ1v) is 7.04. The summed E-state index contributed by atoms with van der Waals surface area (Å²) < 4.78 is 5.23. The fraction of sp³-hybridized carbons (Fsp3) is 0.467. The summed E-state index contributed by atoms with van der Waals surface area (Å²) in [6.45, 7) is 0. The lowest BCUT2D eigenvalue weighted by Crippen LogP contribution is -2.36. The SMILES string of the molecule is COc1cccc(C2CCC(NC(=O)O)CC2)c1.NC(=O)O. The van der Waals surface area contributed by atoms with Crippen molar-refractivity contribution in [2.45, 2.75) is 37.6 Å². The van der Waals surface area contributed by atoms with Crippen LogP contribution >= 0.6 is 0 Å². The van der Waals surface area contributed by atoms with E-state index in [0.717, 1.165) is 31.4 Å². The van der Waals surface area contributed by atoms with Gasteiger partial charge in [-0.05, 0) is 49.3 Å². The maximum atomic E-state index is 10.6. The van der Waals surface area contributed by atoms with Crippen LogP contribution in [0.15, 0.2) is 24.3 Å². The first-order valence-electron chi connectivity index (χ1n) is 7.04. The zero-order valence-corrected chi connectivity index (χ0v) is 12.5. The number of amides is 2. The molecule has 0 bridgehead atoms. The van der Waals surface area contributed by atoms with Gasteiger partial charge in [-0.1, -0.05) is 12.1 Å². The number of hydrogen-bond acceptors (Lipinski definition) is 3. The highest BCUT2D eigenvalue weighted by Crippen LogP contribution is 2.34. The third-order valence-electron chi connectivity index (χ3n) is 3.62. The molecule has 0 unspecified atom stereocenters. The molecule has 5 N–H and O–H groups in total. The van der Waals surface area contributed by atoms with Crippen molar-refractivity contribution in [1.29, 1.82) is 0 Å². The van der Waals surface area contributed by atoms with Gasteiger partial charge in [0, 0.05) is 6.04 Å². The molecule has 0 heterocycles. The van der Waals surface area contributed by atoms with Crippen LogP contribution in [0.3, 0.4) is 0 Å². The van der Waals surface area contributed by atoms with E-state index in [1.807, 2.05) is 12.1 Å². The predicted molar refractivity (Wildman–Crippen MR) is 81.4 cm³/mol. The molecule has 7 nitrogen and oxygen atoms in total. The molecule has 0 atom stereocenters. The number of benzene rings is 1. The Labute approximate surface area is 129 Å². The number of methoxy groups -OCH3 is 1. The second-order valence-corrected chi connectivity index (χ2v) is 5.11. The predicted octanol–water partition coefficient (Wildman–Crippen LogP) is 2.61. The Kier molecular flexibility index (Phi) is 7.01. The first kappa shape index (κ1) is 17.6. The number of rotatable bonds is 3. The monoisotopic (exact) mass is 310 g/mol. The lowest BCUT2D eigenvalue weighted by Gasteiger charge is -2.28. The summed E-state index contributed by atoms with van der Waals surface area (Å²) >= 11 is 0. The highest BCUT2D eigenvalue weighted by atomic mass is 16.5. The van der Waals surface area contributed by atoms with E-state index < -0.39 is 12.2 Å². The van der Waals surface area contributed by atoms with Crippen LogP contribution in [0.25, 0.3) is 0 Å². The van der Waals surface area contributed by atoms with E-state index in [2.05, 4.69) is 23.2 Å². The molecule has 22 heavy (non-hydrogen) atoms. The summed E-state index contributed by atoms with van der Waals surface area (Å²) in [6.07, 6.45) is 1.62. The van der Waals surface area contributed by atoms with E-state index in [4.69, 9.17) is 19.7 Å². The quantitative estimate of drug-likeness (QED) is 0.683. The maximum absolute atomic E-state index is 10.6. The number of nitrogens with one attached hydrogen (secondary N) is 1.